The maximum Gasteiger partial charge on any atom is 0.0694 e. The Morgan fingerprint density at radius 1 is 0.938 bits per heavy atom. The van der Waals surface area contributed by atoms with Gasteiger partial charge < -0.3 is 11.5 Å². The minimum Gasteiger partial charge on any atom is -0.313 e. The zero-order chi connectivity index (χ0) is 12.8. The molecule has 0 aliphatic heterocycles. The lowest BCUT2D eigenvalue weighted by Crippen LogP contribution is -2.63. The summed E-state index contributed by atoms with van der Waals surface area (Å²) in [5.41, 5.74) is 12.3. The van der Waals surface area contributed by atoms with Crippen LogP contribution in [-0.2, 0) is 0 Å². The smallest absolute Gasteiger partial charge is 0.0694 e. The van der Waals surface area contributed by atoms with Crippen LogP contribution in [0.2, 0.25) is 0 Å². The van der Waals surface area contributed by atoms with E-state index in [1.165, 1.54) is 12.8 Å². The molecule has 4 N–H and O–H groups in total. The van der Waals surface area contributed by atoms with E-state index in [1.807, 2.05) is 0 Å². The van der Waals surface area contributed by atoms with Crippen molar-refractivity contribution in [2.24, 2.45) is 22.8 Å². The third kappa shape index (κ3) is 3.46. The summed E-state index contributed by atoms with van der Waals surface area (Å²) < 4.78 is 0. The van der Waals surface area contributed by atoms with Crippen LogP contribution in [0.1, 0.15) is 73.1 Å². The SMILES string of the molecule is CCCC(C)C(C)(CCC)C(N)(N)CCC. The average molecular weight is 228 g/mol. The zero-order valence-corrected chi connectivity index (χ0v) is 12.0. The molecule has 0 saturated heterocycles. The molecule has 0 aliphatic carbocycles. The minimum absolute atomic E-state index is 0.0633. The van der Waals surface area contributed by atoms with E-state index in [0.29, 0.717) is 5.92 Å². The van der Waals surface area contributed by atoms with Gasteiger partial charge in [-0.25, -0.2) is 0 Å². The third-order valence-electron chi connectivity index (χ3n) is 4.31. The fourth-order valence-corrected chi connectivity index (χ4v) is 2.91. The molecule has 0 aromatic heterocycles. The minimum atomic E-state index is -0.521. The second-order valence-corrected chi connectivity index (χ2v) is 5.65. The Labute approximate surface area is 102 Å². The summed E-state index contributed by atoms with van der Waals surface area (Å²) in [4.78, 5) is 0. The van der Waals surface area contributed by atoms with Crippen LogP contribution in [0.25, 0.3) is 0 Å². The van der Waals surface area contributed by atoms with E-state index in [0.717, 1.165) is 25.7 Å². The molecule has 2 heteroatoms. The molecule has 2 atom stereocenters. The molecule has 0 aromatic carbocycles. The van der Waals surface area contributed by atoms with Gasteiger partial charge in [0.15, 0.2) is 0 Å². The van der Waals surface area contributed by atoms with Crippen molar-refractivity contribution in [2.45, 2.75) is 78.8 Å². The first-order valence-electron chi connectivity index (χ1n) is 6.93. The van der Waals surface area contributed by atoms with Crippen LogP contribution in [0.3, 0.4) is 0 Å². The molecule has 0 fully saturated rings. The highest BCUT2D eigenvalue weighted by Crippen LogP contribution is 2.43. The van der Waals surface area contributed by atoms with E-state index < -0.39 is 5.66 Å². The lowest BCUT2D eigenvalue weighted by molar-refractivity contribution is 0.0500. The third-order valence-corrected chi connectivity index (χ3v) is 4.31. The molecule has 0 rings (SSSR count). The molecule has 0 amide bonds. The van der Waals surface area contributed by atoms with Crippen LogP contribution in [0.5, 0.6) is 0 Å². The highest BCUT2D eigenvalue weighted by Gasteiger charge is 2.44. The Kier molecular flexibility index (Phi) is 6.57. The van der Waals surface area contributed by atoms with E-state index in [2.05, 4.69) is 34.6 Å². The second kappa shape index (κ2) is 6.61. The highest BCUT2D eigenvalue weighted by atomic mass is 15.0. The van der Waals surface area contributed by atoms with Gasteiger partial charge in [-0.2, -0.15) is 0 Å². The molecular formula is C14H32N2. The average Bonchev–Trinajstić information content (AvgIpc) is 2.18. The van der Waals surface area contributed by atoms with Gasteiger partial charge in [0.05, 0.1) is 5.66 Å². The largest absolute Gasteiger partial charge is 0.313 e. The van der Waals surface area contributed by atoms with Crippen molar-refractivity contribution >= 4 is 0 Å². The molecule has 0 spiro atoms. The molecular weight excluding hydrogens is 196 g/mol. The van der Waals surface area contributed by atoms with Crippen LogP contribution in [0.15, 0.2) is 0 Å². The fourth-order valence-electron chi connectivity index (χ4n) is 2.91. The summed E-state index contributed by atoms with van der Waals surface area (Å²) in [5.74, 6) is 0.596. The van der Waals surface area contributed by atoms with Crippen molar-refractivity contribution < 1.29 is 0 Å². The number of hydrogen-bond acceptors (Lipinski definition) is 2. The van der Waals surface area contributed by atoms with Crippen LogP contribution in [-0.4, -0.2) is 5.66 Å². The topological polar surface area (TPSA) is 52.0 Å². The molecule has 2 unspecified atom stereocenters. The van der Waals surface area contributed by atoms with E-state index in [9.17, 15) is 0 Å². The van der Waals surface area contributed by atoms with Gasteiger partial charge >= 0.3 is 0 Å². The molecule has 0 heterocycles. The van der Waals surface area contributed by atoms with Crippen LogP contribution in [0.4, 0.5) is 0 Å². The Hall–Kier alpha value is -0.0800. The second-order valence-electron chi connectivity index (χ2n) is 5.65. The maximum absolute atomic E-state index is 6.40. The van der Waals surface area contributed by atoms with Gasteiger partial charge in [0.25, 0.3) is 0 Å². The predicted molar refractivity (Wildman–Crippen MR) is 73.1 cm³/mol. The summed E-state index contributed by atoms with van der Waals surface area (Å²) in [6, 6.07) is 0. The van der Waals surface area contributed by atoms with Crippen molar-refractivity contribution in [3.8, 4) is 0 Å². The summed E-state index contributed by atoms with van der Waals surface area (Å²) in [5, 5.41) is 0. The van der Waals surface area contributed by atoms with Crippen molar-refractivity contribution in [1.29, 1.82) is 0 Å². The van der Waals surface area contributed by atoms with Crippen LogP contribution >= 0.6 is 0 Å². The Bertz CT molecular complexity index is 189. The first-order chi connectivity index (χ1) is 7.35. The molecule has 0 aromatic rings. The predicted octanol–water partition coefficient (Wildman–Crippen LogP) is 3.64. The van der Waals surface area contributed by atoms with Gasteiger partial charge in [-0.1, -0.05) is 60.3 Å². The summed E-state index contributed by atoms with van der Waals surface area (Å²) in [6.45, 7) is 11.2. The monoisotopic (exact) mass is 228 g/mol. The number of nitrogens with two attached hydrogens (primary N) is 2. The summed E-state index contributed by atoms with van der Waals surface area (Å²) in [6.07, 6.45) is 6.69. The Balaban J connectivity index is 4.91. The van der Waals surface area contributed by atoms with Gasteiger partial charge in [0, 0.05) is 5.41 Å². The Morgan fingerprint density at radius 3 is 1.81 bits per heavy atom. The van der Waals surface area contributed by atoms with E-state index in [4.69, 9.17) is 11.5 Å². The number of rotatable bonds is 8. The van der Waals surface area contributed by atoms with Gasteiger partial charge in [-0.05, 0) is 18.8 Å². The molecule has 2 nitrogen and oxygen atoms in total. The number of hydrogen-bond donors (Lipinski definition) is 2. The zero-order valence-electron chi connectivity index (χ0n) is 12.0. The molecule has 0 aliphatic rings. The fraction of sp³-hybridized carbons (Fsp3) is 1.00. The lowest BCUT2D eigenvalue weighted by atomic mass is 9.63. The first-order valence-corrected chi connectivity index (χ1v) is 6.93. The van der Waals surface area contributed by atoms with Crippen molar-refractivity contribution in [1.82, 2.24) is 0 Å². The van der Waals surface area contributed by atoms with Crippen LogP contribution in [0, 0.1) is 11.3 Å². The van der Waals surface area contributed by atoms with Crippen molar-refractivity contribution in [3.63, 3.8) is 0 Å². The molecule has 98 valence electrons. The van der Waals surface area contributed by atoms with E-state index in [1.54, 1.807) is 0 Å². The molecule has 0 saturated carbocycles. The quantitative estimate of drug-likeness (QED) is 0.623. The molecule has 16 heavy (non-hydrogen) atoms. The maximum atomic E-state index is 6.40. The standard InChI is InChI=1S/C14H32N2/c1-6-9-12(4)13(5,10-7-2)14(15,16)11-8-3/h12H,6-11,15-16H2,1-5H3. The normalized spacial score (nSPS) is 18.2. The summed E-state index contributed by atoms with van der Waals surface area (Å²) in [7, 11) is 0. The van der Waals surface area contributed by atoms with Gasteiger partial charge in [-0.3, -0.25) is 0 Å². The molecule has 0 radical (unpaired) electrons. The van der Waals surface area contributed by atoms with Gasteiger partial charge in [0.1, 0.15) is 0 Å². The van der Waals surface area contributed by atoms with Gasteiger partial charge in [0.2, 0.25) is 0 Å². The summed E-state index contributed by atoms with van der Waals surface area (Å²) >= 11 is 0. The lowest BCUT2D eigenvalue weighted by Gasteiger charge is -2.48. The van der Waals surface area contributed by atoms with Crippen LogP contribution < -0.4 is 11.5 Å². The highest BCUT2D eigenvalue weighted by molar-refractivity contribution is 4.97. The van der Waals surface area contributed by atoms with Crippen molar-refractivity contribution in [3.05, 3.63) is 0 Å². The van der Waals surface area contributed by atoms with E-state index in [-0.39, 0.29) is 5.41 Å². The van der Waals surface area contributed by atoms with E-state index >= 15 is 0 Å². The molecule has 0 bridgehead atoms. The first kappa shape index (κ1) is 15.9. The van der Waals surface area contributed by atoms with Crippen molar-refractivity contribution in [2.75, 3.05) is 0 Å². The van der Waals surface area contributed by atoms with Gasteiger partial charge in [-0.15, -0.1) is 0 Å². The Morgan fingerprint density at radius 2 is 1.44 bits per heavy atom.